The number of fused-ring (bicyclic) bond motifs is 1. The predicted octanol–water partition coefficient (Wildman–Crippen LogP) is 3.64. The average molecular weight is 288 g/mol. The number of nitrogens with zero attached hydrogens (tertiary/aromatic N) is 2. The molecule has 0 amide bonds. The lowest BCUT2D eigenvalue weighted by Crippen LogP contribution is -2.15. The summed E-state index contributed by atoms with van der Waals surface area (Å²) in [5, 5.41) is 11.1. The van der Waals surface area contributed by atoms with Gasteiger partial charge in [-0.15, -0.1) is 11.3 Å². The van der Waals surface area contributed by atoms with Gasteiger partial charge >= 0.3 is 0 Å². The van der Waals surface area contributed by atoms with Crippen molar-refractivity contribution < 1.29 is 5.11 Å². The second-order valence-electron chi connectivity index (χ2n) is 5.30. The van der Waals surface area contributed by atoms with Gasteiger partial charge in [-0.3, -0.25) is 0 Å². The van der Waals surface area contributed by atoms with E-state index in [0.717, 1.165) is 46.9 Å². The third kappa shape index (κ3) is 2.45. The standard InChI is InChI=1S/C16H20N2OS/c1-3-18(2)12-9-7-11(8-10-12)16-17-13-5-4-6-14(19)15(13)20-16/h7-10,14,19H,3-6H2,1-2H3. The summed E-state index contributed by atoms with van der Waals surface area (Å²) in [5.74, 6) is 0. The fourth-order valence-electron chi connectivity index (χ4n) is 2.56. The maximum absolute atomic E-state index is 10.0. The topological polar surface area (TPSA) is 36.4 Å². The first-order valence-corrected chi connectivity index (χ1v) is 8.00. The van der Waals surface area contributed by atoms with Gasteiger partial charge in [-0.05, 0) is 50.5 Å². The first-order chi connectivity index (χ1) is 9.69. The van der Waals surface area contributed by atoms with Crippen LogP contribution in [0.1, 0.15) is 36.4 Å². The van der Waals surface area contributed by atoms with Crippen LogP contribution in [0, 0.1) is 0 Å². The Balaban J connectivity index is 1.90. The van der Waals surface area contributed by atoms with Gasteiger partial charge in [-0.25, -0.2) is 4.98 Å². The molecule has 1 aliphatic carbocycles. The molecule has 0 saturated heterocycles. The molecule has 0 radical (unpaired) electrons. The lowest BCUT2D eigenvalue weighted by molar-refractivity contribution is 0.160. The van der Waals surface area contributed by atoms with Crippen molar-refractivity contribution in [3.63, 3.8) is 0 Å². The van der Waals surface area contributed by atoms with Gasteiger partial charge in [0.05, 0.1) is 16.7 Å². The van der Waals surface area contributed by atoms with Crippen molar-refractivity contribution in [2.45, 2.75) is 32.3 Å². The molecule has 1 aromatic carbocycles. The molecular formula is C16H20N2OS. The van der Waals surface area contributed by atoms with Crippen LogP contribution in [0.25, 0.3) is 10.6 Å². The highest BCUT2D eigenvalue weighted by Gasteiger charge is 2.23. The summed E-state index contributed by atoms with van der Waals surface area (Å²) in [6.07, 6.45) is 2.60. The highest BCUT2D eigenvalue weighted by molar-refractivity contribution is 7.15. The van der Waals surface area contributed by atoms with Gasteiger partial charge in [0.15, 0.2) is 0 Å². The van der Waals surface area contributed by atoms with E-state index >= 15 is 0 Å². The monoisotopic (exact) mass is 288 g/mol. The Morgan fingerprint density at radius 3 is 2.75 bits per heavy atom. The van der Waals surface area contributed by atoms with Crippen LogP contribution < -0.4 is 4.90 Å². The maximum atomic E-state index is 10.0. The van der Waals surface area contributed by atoms with Crippen molar-refractivity contribution in [2.24, 2.45) is 0 Å². The number of aliphatic hydroxyl groups excluding tert-OH is 1. The molecule has 1 atom stereocenters. The molecule has 0 saturated carbocycles. The number of aromatic nitrogens is 1. The van der Waals surface area contributed by atoms with Crippen molar-refractivity contribution in [3.05, 3.63) is 34.8 Å². The minimum absolute atomic E-state index is 0.310. The van der Waals surface area contributed by atoms with Crippen LogP contribution in [-0.2, 0) is 6.42 Å². The van der Waals surface area contributed by atoms with E-state index in [0.29, 0.717) is 0 Å². The maximum Gasteiger partial charge on any atom is 0.123 e. The van der Waals surface area contributed by atoms with Crippen LogP contribution in [0.15, 0.2) is 24.3 Å². The molecule has 0 spiro atoms. The third-order valence-electron chi connectivity index (χ3n) is 3.95. The predicted molar refractivity (Wildman–Crippen MR) is 84.4 cm³/mol. The van der Waals surface area contributed by atoms with Gasteiger partial charge in [0.25, 0.3) is 0 Å². The van der Waals surface area contributed by atoms with E-state index in [1.54, 1.807) is 11.3 Å². The van der Waals surface area contributed by atoms with Crippen molar-refractivity contribution >= 4 is 17.0 Å². The number of anilines is 1. The quantitative estimate of drug-likeness (QED) is 0.937. The minimum Gasteiger partial charge on any atom is -0.388 e. The van der Waals surface area contributed by atoms with E-state index in [1.807, 2.05) is 0 Å². The highest BCUT2D eigenvalue weighted by atomic mass is 32.1. The van der Waals surface area contributed by atoms with Gasteiger partial charge in [0.1, 0.15) is 5.01 Å². The van der Waals surface area contributed by atoms with Crippen molar-refractivity contribution in [1.82, 2.24) is 4.98 Å². The van der Waals surface area contributed by atoms with Crippen LogP contribution >= 0.6 is 11.3 Å². The molecule has 2 aromatic rings. The van der Waals surface area contributed by atoms with Crippen LogP contribution in [-0.4, -0.2) is 23.7 Å². The normalized spacial score (nSPS) is 17.9. The Labute approximate surface area is 123 Å². The number of aryl methyl sites for hydroxylation is 1. The largest absolute Gasteiger partial charge is 0.388 e. The molecule has 106 valence electrons. The number of thiazole rings is 1. The van der Waals surface area contributed by atoms with E-state index in [-0.39, 0.29) is 6.10 Å². The zero-order chi connectivity index (χ0) is 14.1. The molecule has 3 nitrogen and oxygen atoms in total. The van der Waals surface area contributed by atoms with Crippen LogP contribution in [0.3, 0.4) is 0 Å². The first-order valence-electron chi connectivity index (χ1n) is 7.18. The summed E-state index contributed by atoms with van der Waals surface area (Å²) in [5.41, 5.74) is 3.46. The van der Waals surface area contributed by atoms with Crippen LogP contribution in [0.4, 0.5) is 5.69 Å². The first kappa shape index (κ1) is 13.6. The molecule has 3 rings (SSSR count). The summed E-state index contributed by atoms with van der Waals surface area (Å²) < 4.78 is 0. The molecule has 4 heteroatoms. The average Bonchev–Trinajstić information content (AvgIpc) is 2.92. The van der Waals surface area contributed by atoms with Gasteiger partial charge in [-0.2, -0.15) is 0 Å². The molecule has 1 aromatic heterocycles. The van der Waals surface area contributed by atoms with Gasteiger partial charge in [-0.1, -0.05) is 0 Å². The number of hydrogen-bond acceptors (Lipinski definition) is 4. The Morgan fingerprint density at radius 2 is 2.10 bits per heavy atom. The van der Waals surface area contributed by atoms with E-state index < -0.39 is 0 Å². The lowest BCUT2D eigenvalue weighted by atomic mass is 10.0. The zero-order valence-electron chi connectivity index (χ0n) is 12.0. The smallest absolute Gasteiger partial charge is 0.123 e. The third-order valence-corrected chi connectivity index (χ3v) is 5.20. The molecular weight excluding hydrogens is 268 g/mol. The summed E-state index contributed by atoms with van der Waals surface area (Å²) >= 11 is 1.64. The van der Waals surface area contributed by atoms with E-state index in [4.69, 9.17) is 4.98 Å². The van der Waals surface area contributed by atoms with Gasteiger partial charge < -0.3 is 10.0 Å². The summed E-state index contributed by atoms with van der Waals surface area (Å²) in [6.45, 7) is 3.14. The second-order valence-corrected chi connectivity index (χ2v) is 6.33. The van der Waals surface area contributed by atoms with Crippen LogP contribution in [0.5, 0.6) is 0 Å². The molecule has 1 N–H and O–H groups in total. The Hall–Kier alpha value is -1.39. The molecule has 0 fully saturated rings. The number of hydrogen-bond donors (Lipinski definition) is 1. The molecule has 20 heavy (non-hydrogen) atoms. The molecule has 1 aliphatic rings. The summed E-state index contributed by atoms with van der Waals surface area (Å²) in [7, 11) is 2.09. The summed E-state index contributed by atoms with van der Waals surface area (Å²) in [4.78, 5) is 7.99. The van der Waals surface area contributed by atoms with Crippen molar-refractivity contribution in [2.75, 3.05) is 18.5 Å². The fourth-order valence-corrected chi connectivity index (χ4v) is 3.70. The summed E-state index contributed by atoms with van der Waals surface area (Å²) in [6, 6.07) is 8.52. The van der Waals surface area contributed by atoms with Gasteiger partial charge in [0.2, 0.25) is 0 Å². The molecule has 1 heterocycles. The number of aliphatic hydroxyl groups is 1. The Kier molecular flexibility index (Phi) is 3.76. The lowest BCUT2D eigenvalue weighted by Gasteiger charge is -2.16. The van der Waals surface area contributed by atoms with E-state index in [1.165, 1.54) is 5.69 Å². The van der Waals surface area contributed by atoms with Crippen LogP contribution in [0.2, 0.25) is 0 Å². The van der Waals surface area contributed by atoms with Gasteiger partial charge in [0, 0.05) is 24.8 Å². The number of benzene rings is 1. The van der Waals surface area contributed by atoms with Crippen molar-refractivity contribution in [3.8, 4) is 10.6 Å². The highest BCUT2D eigenvalue weighted by Crippen LogP contribution is 2.38. The molecule has 0 aliphatic heterocycles. The Morgan fingerprint density at radius 1 is 1.35 bits per heavy atom. The minimum atomic E-state index is -0.310. The Bertz CT molecular complexity index is 591. The van der Waals surface area contributed by atoms with E-state index in [9.17, 15) is 5.11 Å². The zero-order valence-corrected chi connectivity index (χ0v) is 12.8. The van der Waals surface area contributed by atoms with E-state index in [2.05, 4.69) is 43.1 Å². The SMILES string of the molecule is CCN(C)c1ccc(-c2nc3c(s2)C(O)CCC3)cc1. The molecule has 1 unspecified atom stereocenters. The fraction of sp³-hybridized carbons (Fsp3) is 0.438. The number of rotatable bonds is 3. The second kappa shape index (κ2) is 5.54. The molecule has 0 bridgehead atoms. The van der Waals surface area contributed by atoms with Crippen molar-refractivity contribution in [1.29, 1.82) is 0 Å².